The molecule has 1 aliphatic heterocycles. The summed E-state index contributed by atoms with van der Waals surface area (Å²) in [5.74, 6) is 0.596. The van der Waals surface area contributed by atoms with Gasteiger partial charge in [-0.3, -0.25) is 5.41 Å². The summed E-state index contributed by atoms with van der Waals surface area (Å²) in [6.07, 6.45) is 6.20. The standard InChI is InChI=1S/C22H30N4O/c1-4-25(5-2)18-11-9-17(10-12-18)24-20-16-22(27-6-3)19(23)15-21(20)26-13-7-8-14-26/h9-12,15-16,23H,4-8,13-14H2,1-3H3/b23-19?,24-20+. The molecule has 0 saturated carbocycles. The van der Waals surface area contributed by atoms with E-state index in [1.165, 1.54) is 18.5 Å². The van der Waals surface area contributed by atoms with Crippen molar-refractivity contribution in [2.45, 2.75) is 33.6 Å². The molecule has 1 saturated heterocycles. The summed E-state index contributed by atoms with van der Waals surface area (Å²) in [6.45, 7) is 10.9. The van der Waals surface area contributed by atoms with Gasteiger partial charge in [0.05, 0.1) is 29.4 Å². The van der Waals surface area contributed by atoms with Crippen LogP contribution in [0.1, 0.15) is 33.6 Å². The number of ether oxygens (including phenoxy) is 1. The summed E-state index contributed by atoms with van der Waals surface area (Å²) in [5, 5.41) is 8.27. The summed E-state index contributed by atoms with van der Waals surface area (Å²) in [6, 6.07) is 8.39. The number of allylic oxidation sites excluding steroid dienone is 2. The van der Waals surface area contributed by atoms with Crippen LogP contribution in [0.5, 0.6) is 0 Å². The maximum atomic E-state index is 8.27. The molecule has 5 heteroatoms. The Bertz CT molecular complexity index is 751. The quantitative estimate of drug-likeness (QED) is 0.721. The third-order valence-corrected chi connectivity index (χ3v) is 5.05. The first-order valence-corrected chi connectivity index (χ1v) is 10.00. The Hall–Kier alpha value is -2.56. The van der Waals surface area contributed by atoms with Crippen LogP contribution in [0.25, 0.3) is 0 Å². The number of nitrogens with one attached hydrogen (secondary N) is 1. The van der Waals surface area contributed by atoms with E-state index in [0.717, 1.165) is 43.3 Å². The lowest BCUT2D eigenvalue weighted by atomic mass is 10.1. The predicted octanol–water partition coefficient (Wildman–Crippen LogP) is 4.54. The van der Waals surface area contributed by atoms with E-state index >= 15 is 0 Å². The molecule has 0 bridgehead atoms. The molecule has 1 aliphatic carbocycles. The van der Waals surface area contributed by atoms with E-state index in [4.69, 9.17) is 15.1 Å². The second-order valence-corrected chi connectivity index (χ2v) is 6.76. The first-order chi connectivity index (χ1) is 13.2. The molecule has 1 aromatic carbocycles. The molecule has 5 nitrogen and oxygen atoms in total. The molecule has 0 aromatic heterocycles. The molecule has 1 fully saturated rings. The smallest absolute Gasteiger partial charge is 0.146 e. The minimum absolute atomic E-state index is 0.426. The third kappa shape index (κ3) is 4.41. The number of nitrogens with zero attached hydrogens (tertiary/aromatic N) is 3. The molecule has 0 unspecified atom stereocenters. The van der Waals surface area contributed by atoms with Crippen LogP contribution in [-0.4, -0.2) is 49.1 Å². The zero-order valence-corrected chi connectivity index (χ0v) is 16.7. The van der Waals surface area contributed by atoms with E-state index in [9.17, 15) is 0 Å². The van der Waals surface area contributed by atoms with Gasteiger partial charge in [-0.1, -0.05) is 0 Å². The molecule has 2 aliphatic rings. The topological polar surface area (TPSA) is 51.9 Å². The minimum Gasteiger partial charge on any atom is -0.492 e. The van der Waals surface area contributed by atoms with E-state index < -0.39 is 0 Å². The van der Waals surface area contributed by atoms with Crippen LogP contribution in [0.15, 0.2) is 52.9 Å². The van der Waals surface area contributed by atoms with Crippen molar-refractivity contribution in [3.8, 4) is 0 Å². The molecule has 0 amide bonds. The van der Waals surface area contributed by atoms with Crippen molar-refractivity contribution in [1.82, 2.24) is 4.90 Å². The number of rotatable bonds is 7. The molecule has 1 heterocycles. The van der Waals surface area contributed by atoms with Crippen LogP contribution in [0.3, 0.4) is 0 Å². The van der Waals surface area contributed by atoms with Gasteiger partial charge in [0.2, 0.25) is 0 Å². The fraction of sp³-hybridized carbons (Fsp3) is 0.455. The Morgan fingerprint density at radius 1 is 1.04 bits per heavy atom. The Kier molecular flexibility index (Phi) is 6.32. The lowest BCUT2D eigenvalue weighted by molar-refractivity contribution is 0.249. The normalized spacial score (nSPS) is 18.6. The van der Waals surface area contributed by atoms with E-state index in [1.807, 2.05) is 19.1 Å². The highest BCUT2D eigenvalue weighted by molar-refractivity contribution is 6.22. The number of hydrogen-bond donors (Lipinski definition) is 1. The molecule has 1 N–H and O–H groups in total. The lowest BCUT2D eigenvalue weighted by Gasteiger charge is -2.25. The third-order valence-electron chi connectivity index (χ3n) is 5.05. The first kappa shape index (κ1) is 19.2. The SMILES string of the molecule is CCOC1=C/C(=N\c2ccc(N(CC)CC)cc2)C(N2CCCC2)=CC1=N. The fourth-order valence-corrected chi connectivity index (χ4v) is 3.60. The highest BCUT2D eigenvalue weighted by atomic mass is 16.5. The average Bonchev–Trinajstić information content (AvgIpc) is 3.21. The van der Waals surface area contributed by atoms with Crippen molar-refractivity contribution in [2.24, 2.45) is 4.99 Å². The Morgan fingerprint density at radius 3 is 2.30 bits per heavy atom. The van der Waals surface area contributed by atoms with E-state index in [-0.39, 0.29) is 0 Å². The van der Waals surface area contributed by atoms with Gasteiger partial charge in [-0.05, 0) is 64.0 Å². The van der Waals surface area contributed by atoms with Gasteiger partial charge < -0.3 is 14.5 Å². The van der Waals surface area contributed by atoms with Gasteiger partial charge in [-0.2, -0.15) is 0 Å². The van der Waals surface area contributed by atoms with Crippen LogP contribution in [0.4, 0.5) is 11.4 Å². The van der Waals surface area contributed by atoms with Crippen molar-refractivity contribution in [2.75, 3.05) is 37.7 Å². The van der Waals surface area contributed by atoms with E-state index in [0.29, 0.717) is 18.1 Å². The molecule has 27 heavy (non-hydrogen) atoms. The largest absolute Gasteiger partial charge is 0.492 e. The zero-order valence-electron chi connectivity index (χ0n) is 16.7. The van der Waals surface area contributed by atoms with Crippen molar-refractivity contribution in [1.29, 1.82) is 5.41 Å². The van der Waals surface area contributed by atoms with Crippen LogP contribution in [0.2, 0.25) is 0 Å². The van der Waals surface area contributed by atoms with E-state index in [1.54, 1.807) is 0 Å². The van der Waals surface area contributed by atoms with Crippen LogP contribution >= 0.6 is 0 Å². The number of hydrogen-bond acceptors (Lipinski definition) is 5. The molecule has 1 aromatic rings. The van der Waals surface area contributed by atoms with Crippen LogP contribution in [0, 0.1) is 5.41 Å². The zero-order chi connectivity index (χ0) is 19.2. The minimum atomic E-state index is 0.426. The second kappa shape index (κ2) is 8.89. The summed E-state index contributed by atoms with van der Waals surface area (Å²) < 4.78 is 5.64. The summed E-state index contributed by atoms with van der Waals surface area (Å²) in [5.41, 5.74) is 4.48. The lowest BCUT2D eigenvalue weighted by Crippen LogP contribution is -2.28. The number of benzene rings is 1. The van der Waals surface area contributed by atoms with Crippen molar-refractivity contribution in [3.05, 3.63) is 47.9 Å². The predicted molar refractivity (Wildman–Crippen MR) is 113 cm³/mol. The summed E-state index contributed by atoms with van der Waals surface area (Å²) >= 11 is 0. The second-order valence-electron chi connectivity index (χ2n) is 6.76. The number of aliphatic imine (C=N–C) groups is 1. The molecular formula is C22H30N4O. The van der Waals surface area contributed by atoms with Crippen molar-refractivity contribution >= 4 is 22.8 Å². The first-order valence-electron chi connectivity index (χ1n) is 10.00. The number of anilines is 1. The Labute approximate surface area is 162 Å². The highest BCUT2D eigenvalue weighted by Crippen LogP contribution is 2.26. The molecule has 0 radical (unpaired) electrons. The molecule has 0 atom stereocenters. The average molecular weight is 367 g/mol. The van der Waals surface area contributed by atoms with Crippen LogP contribution < -0.4 is 4.90 Å². The van der Waals surface area contributed by atoms with Gasteiger partial charge in [-0.25, -0.2) is 4.99 Å². The van der Waals surface area contributed by atoms with Gasteiger partial charge in [0.15, 0.2) is 0 Å². The fourth-order valence-electron chi connectivity index (χ4n) is 3.60. The maximum absolute atomic E-state index is 8.27. The molecule has 144 valence electrons. The van der Waals surface area contributed by atoms with Gasteiger partial charge in [0.1, 0.15) is 5.76 Å². The van der Waals surface area contributed by atoms with Crippen LogP contribution in [-0.2, 0) is 4.74 Å². The van der Waals surface area contributed by atoms with Gasteiger partial charge in [0.25, 0.3) is 0 Å². The maximum Gasteiger partial charge on any atom is 0.146 e. The highest BCUT2D eigenvalue weighted by Gasteiger charge is 2.24. The molecular weight excluding hydrogens is 336 g/mol. The van der Waals surface area contributed by atoms with Gasteiger partial charge >= 0.3 is 0 Å². The molecule has 3 rings (SSSR count). The van der Waals surface area contributed by atoms with Crippen molar-refractivity contribution < 1.29 is 4.74 Å². The summed E-state index contributed by atoms with van der Waals surface area (Å²) in [4.78, 5) is 9.55. The monoisotopic (exact) mass is 366 g/mol. The Morgan fingerprint density at radius 2 is 1.70 bits per heavy atom. The molecule has 0 spiro atoms. The van der Waals surface area contributed by atoms with Gasteiger partial charge in [0, 0.05) is 37.9 Å². The number of likely N-dealkylation sites (tertiary alicyclic amines) is 1. The summed E-state index contributed by atoms with van der Waals surface area (Å²) in [7, 11) is 0. The Balaban J connectivity index is 1.91. The van der Waals surface area contributed by atoms with E-state index in [2.05, 4.69) is 47.9 Å². The van der Waals surface area contributed by atoms with Crippen molar-refractivity contribution in [3.63, 3.8) is 0 Å². The van der Waals surface area contributed by atoms with Gasteiger partial charge in [-0.15, -0.1) is 0 Å².